The number of thioether (sulfide) groups is 1. The first-order valence-corrected chi connectivity index (χ1v) is 6.77. The van der Waals surface area contributed by atoms with Crippen LogP contribution < -0.4 is 16.1 Å². The highest BCUT2D eigenvalue weighted by Gasteiger charge is 2.12. The second-order valence-corrected chi connectivity index (χ2v) is 5.11. The Labute approximate surface area is 118 Å². The molecular formula is C12H11ClN2O3S. The largest absolute Gasteiger partial charge is 0.463 e. The molecule has 0 bridgehead atoms. The first-order valence-electron chi connectivity index (χ1n) is 5.40. The summed E-state index contributed by atoms with van der Waals surface area (Å²) in [5, 5.41) is 8.33. The number of rotatable bonds is 4. The second-order valence-electron chi connectivity index (χ2n) is 3.60. The molecule has 7 heteroatoms. The van der Waals surface area contributed by atoms with E-state index in [1.165, 1.54) is 0 Å². The highest BCUT2D eigenvalue weighted by molar-refractivity contribution is 8.13. The lowest BCUT2D eigenvalue weighted by atomic mass is 10.2. The predicted molar refractivity (Wildman–Crippen MR) is 77.4 cm³/mol. The zero-order valence-corrected chi connectivity index (χ0v) is 11.4. The molecule has 100 valence electrons. The fourth-order valence-corrected chi connectivity index (χ4v) is 2.17. The van der Waals surface area contributed by atoms with Gasteiger partial charge in [0.1, 0.15) is 11.6 Å². The van der Waals surface area contributed by atoms with Gasteiger partial charge in [0.05, 0.1) is 5.39 Å². The Morgan fingerprint density at radius 3 is 2.79 bits per heavy atom. The van der Waals surface area contributed by atoms with Gasteiger partial charge in [0.25, 0.3) is 0 Å². The van der Waals surface area contributed by atoms with E-state index in [9.17, 15) is 4.79 Å². The average Bonchev–Trinajstić information content (AvgIpc) is 2.40. The van der Waals surface area contributed by atoms with Crippen LogP contribution in [0.25, 0.3) is 10.8 Å². The maximum absolute atomic E-state index is 11.7. The summed E-state index contributed by atoms with van der Waals surface area (Å²) < 4.78 is 10.3. The van der Waals surface area contributed by atoms with E-state index in [2.05, 4.69) is 0 Å². The summed E-state index contributed by atoms with van der Waals surface area (Å²) >= 11 is 7.26. The van der Waals surface area contributed by atoms with Crippen molar-refractivity contribution in [2.24, 2.45) is 5.73 Å². The molecule has 19 heavy (non-hydrogen) atoms. The van der Waals surface area contributed by atoms with Gasteiger partial charge in [0.15, 0.2) is 5.17 Å². The summed E-state index contributed by atoms with van der Waals surface area (Å²) in [7, 11) is 0. The number of nitrogens with two attached hydrogens (primary N) is 1. The Balaban J connectivity index is 2.22. The van der Waals surface area contributed by atoms with Crippen molar-refractivity contribution in [1.29, 1.82) is 5.41 Å². The maximum Gasteiger partial charge on any atom is 0.346 e. The summed E-state index contributed by atoms with van der Waals surface area (Å²) in [5.74, 6) is 0.469. The van der Waals surface area contributed by atoms with Gasteiger partial charge in [-0.05, 0) is 6.07 Å². The molecule has 1 aromatic heterocycles. The molecule has 1 aromatic carbocycles. The van der Waals surface area contributed by atoms with Gasteiger partial charge in [-0.3, -0.25) is 5.41 Å². The minimum Gasteiger partial charge on any atom is -0.463 e. The average molecular weight is 299 g/mol. The third-order valence-corrected chi connectivity index (χ3v) is 3.36. The number of ether oxygens (including phenoxy) is 1. The lowest BCUT2D eigenvalue weighted by Crippen LogP contribution is -2.10. The Bertz CT molecular complexity index is 672. The summed E-state index contributed by atoms with van der Waals surface area (Å²) in [5.41, 5.74) is 4.70. The lowest BCUT2D eigenvalue weighted by Gasteiger charge is -2.07. The molecule has 0 aliphatic carbocycles. The van der Waals surface area contributed by atoms with E-state index in [1.54, 1.807) is 24.3 Å². The number of halogens is 1. The molecule has 2 aromatic rings. The third-order valence-electron chi connectivity index (χ3n) is 2.32. The van der Waals surface area contributed by atoms with E-state index < -0.39 is 5.63 Å². The van der Waals surface area contributed by atoms with Crippen molar-refractivity contribution < 1.29 is 9.15 Å². The molecule has 3 N–H and O–H groups in total. The van der Waals surface area contributed by atoms with E-state index in [1.807, 2.05) is 0 Å². The maximum atomic E-state index is 11.7. The van der Waals surface area contributed by atoms with Crippen LogP contribution in [0.1, 0.15) is 0 Å². The van der Waals surface area contributed by atoms with Gasteiger partial charge in [0, 0.05) is 11.1 Å². The predicted octanol–water partition coefficient (Wildman–Crippen LogP) is 2.45. The normalized spacial score (nSPS) is 10.6. The van der Waals surface area contributed by atoms with Crippen molar-refractivity contribution >= 4 is 39.3 Å². The number of hydrogen-bond acceptors (Lipinski definition) is 5. The van der Waals surface area contributed by atoms with Crippen molar-refractivity contribution in [2.75, 3.05) is 12.4 Å². The summed E-state index contributed by atoms with van der Waals surface area (Å²) in [6, 6.07) is 6.89. The van der Waals surface area contributed by atoms with Crippen molar-refractivity contribution in [3.63, 3.8) is 0 Å². The highest BCUT2D eigenvalue weighted by atomic mass is 35.5. The number of hydrogen-bond donors (Lipinski definition) is 2. The molecule has 0 spiro atoms. The fraction of sp³-hybridized carbons (Fsp3) is 0.167. The lowest BCUT2D eigenvalue weighted by molar-refractivity contribution is 0.248. The molecule has 0 saturated carbocycles. The third kappa shape index (κ3) is 3.21. The Morgan fingerprint density at radius 2 is 2.11 bits per heavy atom. The molecule has 0 aliphatic heterocycles. The Hall–Kier alpha value is -1.66. The smallest absolute Gasteiger partial charge is 0.346 e. The minimum absolute atomic E-state index is 0.00508. The molecule has 5 nitrogen and oxygen atoms in total. The molecule has 0 unspecified atom stereocenters. The zero-order chi connectivity index (χ0) is 13.8. The summed E-state index contributed by atoms with van der Waals surface area (Å²) in [6.07, 6.45) is 0. The van der Waals surface area contributed by atoms with Crippen LogP contribution in [0.2, 0.25) is 5.02 Å². The van der Waals surface area contributed by atoms with Crippen molar-refractivity contribution in [2.45, 2.75) is 0 Å². The molecule has 2 rings (SSSR count). The van der Waals surface area contributed by atoms with Gasteiger partial charge in [0.2, 0.25) is 0 Å². The van der Waals surface area contributed by atoms with Crippen LogP contribution in [0, 0.1) is 5.41 Å². The van der Waals surface area contributed by atoms with E-state index in [0.717, 1.165) is 11.8 Å². The Kier molecular flexibility index (Phi) is 4.34. The fourth-order valence-electron chi connectivity index (χ4n) is 1.53. The molecule has 1 heterocycles. The molecule has 0 fully saturated rings. The van der Waals surface area contributed by atoms with E-state index in [-0.39, 0.29) is 22.7 Å². The molecule has 0 aliphatic rings. The van der Waals surface area contributed by atoms with Gasteiger partial charge >= 0.3 is 11.6 Å². The molecule has 0 amide bonds. The standard InChI is InChI=1S/C12H11ClN2O3S/c13-9-7-3-1-2-4-8(7)10(16)18-11(9)17-5-6-19-12(14)15/h1-4H,5-6H2,(H3,14,15). The van der Waals surface area contributed by atoms with Crippen LogP contribution in [-0.4, -0.2) is 17.5 Å². The zero-order valence-electron chi connectivity index (χ0n) is 9.81. The number of nitrogens with one attached hydrogen (secondary N) is 1. The van der Waals surface area contributed by atoms with Crippen LogP contribution in [0.4, 0.5) is 0 Å². The number of benzene rings is 1. The van der Waals surface area contributed by atoms with Gasteiger partial charge in [-0.1, -0.05) is 41.6 Å². The van der Waals surface area contributed by atoms with E-state index in [0.29, 0.717) is 16.5 Å². The van der Waals surface area contributed by atoms with Crippen molar-refractivity contribution in [3.8, 4) is 5.95 Å². The van der Waals surface area contributed by atoms with Crippen LogP contribution in [0.5, 0.6) is 5.95 Å². The van der Waals surface area contributed by atoms with Gasteiger partial charge in [-0.2, -0.15) is 0 Å². The van der Waals surface area contributed by atoms with Gasteiger partial charge in [-0.25, -0.2) is 4.79 Å². The van der Waals surface area contributed by atoms with E-state index in [4.69, 9.17) is 31.9 Å². The van der Waals surface area contributed by atoms with Crippen LogP contribution in [0.3, 0.4) is 0 Å². The van der Waals surface area contributed by atoms with Crippen LogP contribution in [0.15, 0.2) is 33.5 Å². The first-order chi connectivity index (χ1) is 9.09. The van der Waals surface area contributed by atoms with Gasteiger partial charge < -0.3 is 14.9 Å². The van der Waals surface area contributed by atoms with Gasteiger partial charge in [-0.15, -0.1) is 0 Å². The minimum atomic E-state index is -0.491. The molecule has 0 radical (unpaired) electrons. The first kappa shape index (κ1) is 13.8. The molecular weight excluding hydrogens is 288 g/mol. The van der Waals surface area contributed by atoms with Crippen molar-refractivity contribution in [3.05, 3.63) is 39.7 Å². The summed E-state index contributed by atoms with van der Waals surface area (Å²) in [6.45, 7) is 0.241. The topological polar surface area (TPSA) is 89.3 Å². The Morgan fingerprint density at radius 1 is 1.42 bits per heavy atom. The quantitative estimate of drug-likeness (QED) is 0.514. The summed E-state index contributed by atoms with van der Waals surface area (Å²) in [4.78, 5) is 11.7. The van der Waals surface area contributed by atoms with Crippen LogP contribution in [-0.2, 0) is 0 Å². The van der Waals surface area contributed by atoms with Crippen LogP contribution >= 0.6 is 23.4 Å². The van der Waals surface area contributed by atoms with Crippen molar-refractivity contribution in [1.82, 2.24) is 0 Å². The monoisotopic (exact) mass is 298 g/mol. The van der Waals surface area contributed by atoms with E-state index >= 15 is 0 Å². The molecule has 0 atom stereocenters. The number of amidine groups is 1. The SMILES string of the molecule is N=C(N)SCCOc1oc(=O)c2ccccc2c1Cl. The second kappa shape index (κ2) is 5.99. The number of fused-ring (bicyclic) bond motifs is 1. The highest BCUT2D eigenvalue weighted by Crippen LogP contribution is 2.30. The molecule has 0 saturated heterocycles.